The first-order valence-corrected chi connectivity index (χ1v) is 33.8. The second-order valence-electron chi connectivity index (χ2n) is 40.1. The Hall–Kier alpha value is -1.75. The minimum absolute atomic E-state index is 0.00771. The number of hydrogen-bond acceptors (Lipinski definition) is 13. The van der Waals surface area contributed by atoms with Crippen LogP contribution in [0, 0.1) is 54.1 Å². The first-order valence-electron chi connectivity index (χ1n) is 33.8. The molecule has 524 valence electrons. The molecule has 4 saturated heterocycles. The van der Waals surface area contributed by atoms with Crippen LogP contribution in [0.1, 0.15) is 329 Å². The average molecular weight is 1260 g/mol. The van der Waals surface area contributed by atoms with Crippen LogP contribution in [0.2, 0.25) is 0 Å². The number of hydroxylamine groups is 10. The molecule has 1 aromatic carbocycles. The van der Waals surface area contributed by atoms with E-state index in [1.807, 2.05) is 81.4 Å². The van der Waals surface area contributed by atoms with Gasteiger partial charge >= 0.3 is 0 Å². The molecule has 2 saturated carbocycles. The summed E-state index contributed by atoms with van der Waals surface area (Å²) >= 11 is 0. The third kappa shape index (κ3) is 11.6. The number of hydrogen-bond donors (Lipinski definition) is 6. The van der Waals surface area contributed by atoms with E-state index in [2.05, 4.69) is 251 Å². The summed E-state index contributed by atoms with van der Waals surface area (Å²) in [6, 6.07) is 8.23. The Morgan fingerprint density at radius 2 is 0.584 bits per heavy atom. The van der Waals surface area contributed by atoms with E-state index in [0.717, 1.165) is 0 Å². The van der Waals surface area contributed by atoms with Gasteiger partial charge in [0, 0.05) is 55.4 Å². The predicted octanol–water partition coefficient (Wildman–Crippen LogP) is 20.2. The molecule has 0 bridgehead atoms. The molecule has 89 heavy (non-hydrogen) atoms. The highest BCUT2D eigenvalue weighted by Crippen LogP contribution is 2.82. The maximum absolute atomic E-state index is 10.7. The lowest BCUT2D eigenvalue weighted by atomic mass is 9.42. The molecule has 2 aliphatic carbocycles. The zero-order chi connectivity index (χ0) is 72.1. The van der Waals surface area contributed by atoms with Crippen molar-refractivity contribution in [2.75, 3.05) is 7.05 Å². The van der Waals surface area contributed by atoms with Gasteiger partial charge in [0.1, 0.15) is 0 Å². The number of nitrogens with zero attached hydrogens (tertiary/aromatic N) is 7. The van der Waals surface area contributed by atoms with Crippen molar-refractivity contribution >= 4 is 5.71 Å². The molecule has 0 aromatic heterocycles. The summed E-state index contributed by atoms with van der Waals surface area (Å²) in [6.45, 7) is 96.1. The highest BCUT2D eigenvalue weighted by Gasteiger charge is 2.83. The summed E-state index contributed by atoms with van der Waals surface area (Å²) in [4.78, 5) is 2.62. The molecule has 0 spiro atoms. The van der Waals surface area contributed by atoms with E-state index in [0.29, 0.717) is 27.5 Å². The van der Waals surface area contributed by atoms with Crippen molar-refractivity contribution in [2.45, 2.75) is 384 Å². The van der Waals surface area contributed by atoms with E-state index in [1.54, 1.807) is 29.0 Å². The molecule has 5 heterocycles. The average Bonchev–Trinajstić information content (AvgIpc) is 1.51. The lowest BCUT2D eigenvalue weighted by Crippen LogP contribution is -2.76. The Morgan fingerprint density at radius 3 is 0.787 bits per heavy atom. The van der Waals surface area contributed by atoms with Gasteiger partial charge in [0.2, 0.25) is 0 Å². The Labute approximate surface area is 550 Å². The molecule has 13 nitrogen and oxygen atoms in total. The third-order valence-electron chi connectivity index (χ3n) is 31.0. The van der Waals surface area contributed by atoms with Crippen LogP contribution in [-0.2, 0) is 11.1 Å². The molecule has 5 aliphatic heterocycles. The van der Waals surface area contributed by atoms with E-state index in [1.165, 1.54) is 34.1 Å². The van der Waals surface area contributed by atoms with Crippen LogP contribution in [0.4, 0.5) is 0 Å². The second-order valence-corrected chi connectivity index (χ2v) is 40.1. The zero-order valence-electron chi connectivity index (χ0n) is 67.0. The first kappa shape index (κ1) is 83.3. The standard InChI is InChI=1S/C15H31NO.C15H29N.C12H17NO.C12H25NO.C11H21NO.C8H19NO.C3H7NO/c1-11(2)12(3,4)14(7,8)16(17)15(9,10)13(11,5)6;1-11(2)12(3,4)16(9)13(5,6)15(8)10-14(11,15)7;1-11(2)9-7-5-6-8-10(9)12(3,4)13(11)14;1-9(2)10(3,4)12(7,8)13(14)11(9,5)6;1-8(2)10(5)7-11(10,6)9(3,4)12(8)13;1-7(2,3)9(10)8(4,5)6;1-3(2)4-5/h17H,1-10H3;10H2,1-9H3;5-8,14H,1-4H3;14H,1-8H3;13H,7H2,1-6H3;10H,1-6H3;5H,1-2H3. The molecule has 0 radical (unpaired) electrons. The molecule has 13 heteroatoms. The van der Waals surface area contributed by atoms with Gasteiger partial charge in [-0.1, -0.05) is 140 Å². The fourth-order valence-electron chi connectivity index (χ4n) is 18.0. The summed E-state index contributed by atoms with van der Waals surface area (Å²) < 4.78 is 0. The van der Waals surface area contributed by atoms with Crippen LogP contribution in [0.3, 0.4) is 0 Å². The van der Waals surface area contributed by atoms with Crippen LogP contribution < -0.4 is 0 Å². The van der Waals surface area contributed by atoms with E-state index in [-0.39, 0.29) is 98.8 Å². The smallest absolute Gasteiger partial charge is 0.0665 e. The van der Waals surface area contributed by atoms with Gasteiger partial charge in [-0.3, -0.25) is 4.90 Å². The lowest BCUT2D eigenvalue weighted by Gasteiger charge is -2.72. The number of rotatable bonds is 0. The van der Waals surface area contributed by atoms with Crippen molar-refractivity contribution in [2.24, 2.45) is 59.3 Å². The number of benzene rings is 1. The van der Waals surface area contributed by atoms with E-state index < -0.39 is 0 Å². The van der Waals surface area contributed by atoms with Crippen LogP contribution in [0.5, 0.6) is 0 Å². The molecule has 4 unspecified atom stereocenters. The Bertz CT molecular complexity index is 2530. The lowest BCUT2D eigenvalue weighted by molar-refractivity contribution is -0.350. The van der Waals surface area contributed by atoms with Crippen LogP contribution >= 0.6 is 0 Å². The summed E-state index contributed by atoms with van der Waals surface area (Å²) in [5.41, 5.74) is 3.79. The van der Waals surface area contributed by atoms with Gasteiger partial charge in [-0.25, -0.2) is 0 Å². The van der Waals surface area contributed by atoms with E-state index in [9.17, 15) is 26.0 Å². The fourth-order valence-corrected chi connectivity index (χ4v) is 18.0. The van der Waals surface area contributed by atoms with Crippen LogP contribution in [0.25, 0.3) is 0 Å². The predicted molar refractivity (Wildman–Crippen MR) is 375 cm³/mol. The van der Waals surface area contributed by atoms with Gasteiger partial charge in [-0.15, -0.1) is 0 Å². The topological polar surface area (TPSA) is 153 Å². The largest absolute Gasteiger partial charge is 0.411 e. The Morgan fingerprint density at radius 1 is 0.360 bits per heavy atom. The van der Waals surface area contributed by atoms with E-state index in [4.69, 9.17) is 5.21 Å². The highest BCUT2D eigenvalue weighted by molar-refractivity contribution is 5.78. The van der Waals surface area contributed by atoms with Gasteiger partial charge in [0.25, 0.3) is 0 Å². The first-order chi connectivity index (χ1) is 38.3. The van der Waals surface area contributed by atoms with Crippen molar-refractivity contribution in [3.8, 4) is 0 Å². The summed E-state index contributed by atoms with van der Waals surface area (Å²) in [7, 11) is 2.31. The molecule has 6 fully saturated rings. The van der Waals surface area contributed by atoms with Gasteiger partial charge in [-0.05, 0) is 279 Å². The quantitative estimate of drug-likeness (QED) is 0.0833. The summed E-state index contributed by atoms with van der Waals surface area (Å²) in [5.74, 6) is 0. The number of likely N-dealkylation sites (tertiary alicyclic amines) is 1. The van der Waals surface area contributed by atoms with Crippen molar-refractivity contribution in [3.05, 3.63) is 35.4 Å². The second kappa shape index (κ2) is 23.2. The molecular weight excluding hydrogens is 1110 g/mol. The number of fused-ring (bicyclic) bond motifs is 3. The maximum Gasteiger partial charge on any atom is 0.0665 e. The van der Waals surface area contributed by atoms with Crippen LogP contribution in [-0.4, -0.2) is 130 Å². The normalized spacial score (nSPS) is 33.6. The number of oxime groups is 1. The van der Waals surface area contributed by atoms with Crippen LogP contribution in [0.15, 0.2) is 29.4 Å². The SMILES string of the molecule is CC(C)(C)N(O)C(C)(C)C.CC(C)=NO.CC1(C)N(O)C(C)(C)C(C)(C)C(C)(C)C1(C)C.CC1(C)N(O)C(C)(C)C(C)(C)C1(C)C.CC1(C)N(O)C(C)(C)C2(C)CC12C.CC1(C)c2ccccc2C(C)(C)N1O.CN1C(C)(C)C(C)(C)C2(C)CC2(C)C1(C)C. The molecular formula is C76H149N7O6. The van der Waals surface area contributed by atoms with E-state index >= 15 is 0 Å². The monoisotopic (exact) mass is 1260 g/mol. The van der Waals surface area contributed by atoms with Gasteiger partial charge in [0.15, 0.2) is 0 Å². The summed E-state index contributed by atoms with van der Waals surface area (Å²) in [5, 5.41) is 68.9. The molecule has 4 atom stereocenters. The molecule has 8 rings (SSSR count). The number of piperidine rings is 3. The third-order valence-corrected chi connectivity index (χ3v) is 31.0. The zero-order valence-corrected chi connectivity index (χ0v) is 67.0. The van der Waals surface area contributed by atoms with Crippen molar-refractivity contribution in [1.82, 2.24) is 30.2 Å². The molecule has 1 aromatic rings. The van der Waals surface area contributed by atoms with Gasteiger partial charge in [0.05, 0.1) is 16.8 Å². The maximum atomic E-state index is 10.7. The molecule has 0 amide bonds. The van der Waals surface area contributed by atoms with Crippen molar-refractivity contribution in [3.63, 3.8) is 0 Å². The Balaban J connectivity index is 0.000000360. The van der Waals surface area contributed by atoms with Gasteiger partial charge in [-0.2, -0.15) is 25.3 Å². The van der Waals surface area contributed by atoms with Gasteiger partial charge < -0.3 is 31.2 Å². The minimum Gasteiger partial charge on any atom is -0.411 e. The Kier molecular flexibility index (Phi) is 21.8. The summed E-state index contributed by atoms with van der Waals surface area (Å²) in [6.07, 6.45) is 2.60. The van der Waals surface area contributed by atoms with Crippen molar-refractivity contribution < 1.29 is 31.2 Å². The molecule has 6 N–H and O–H groups in total. The fraction of sp³-hybridized carbons (Fsp3) is 0.908. The highest BCUT2D eigenvalue weighted by atomic mass is 16.5. The van der Waals surface area contributed by atoms with Crippen molar-refractivity contribution in [1.29, 1.82) is 0 Å². The minimum atomic E-state index is -0.292. The molecule has 7 aliphatic rings.